The number of halogens is 1. The van der Waals surface area contributed by atoms with Crippen molar-refractivity contribution >= 4 is 0 Å². The molecule has 3 nitrogen and oxygen atoms in total. The molecule has 0 spiro atoms. The van der Waals surface area contributed by atoms with E-state index >= 15 is 0 Å². The summed E-state index contributed by atoms with van der Waals surface area (Å²) in [6, 6.07) is 9.82. The Morgan fingerprint density at radius 1 is 1.33 bits per heavy atom. The summed E-state index contributed by atoms with van der Waals surface area (Å²) in [5.41, 5.74) is 1.63. The van der Waals surface area contributed by atoms with Gasteiger partial charge in [0.25, 0.3) is 0 Å². The van der Waals surface area contributed by atoms with Crippen molar-refractivity contribution in [3.63, 3.8) is 0 Å². The average molecular weight is 246 g/mol. The first kappa shape index (κ1) is 12.5. The Bertz CT molecular complexity index is 496. The Balaban J connectivity index is 1.99. The number of aromatic nitrogens is 1. The maximum atomic E-state index is 13.1. The van der Waals surface area contributed by atoms with Gasteiger partial charge >= 0.3 is 0 Å². The summed E-state index contributed by atoms with van der Waals surface area (Å²) in [7, 11) is 0. The van der Waals surface area contributed by atoms with Crippen LogP contribution in [-0.4, -0.2) is 10.1 Å². The molecular weight excluding hydrogens is 231 g/mol. The van der Waals surface area contributed by atoms with E-state index in [1.807, 2.05) is 25.1 Å². The van der Waals surface area contributed by atoms with Gasteiger partial charge in [-0.15, -0.1) is 0 Å². The smallest absolute Gasteiger partial charge is 0.127 e. The highest BCUT2D eigenvalue weighted by atomic mass is 19.1. The van der Waals surface area contributed by atoms with E-state index in [0.717, 1.165) is 11.8 Å². The van der Waals surface area contributed by atoms with Crippen LogP contribution in [0.3, 0.4) is 0 Å². The van der Waals surface area contributed by atoms with E-state index in [9.17, 15) is 9.50 Å². The number of aromatic hydroxyl groups is 1. The first-order chi connectivity index (χ1) is 8.65. The second-order valence-electron chi connectivity index (χ2n) is 4.17. The van der Waals surface area contributed by atoms with Crippen molar-refractivity contribution in [3.05, 3.63) is 59.7 Å². The number of hydrogen-bond acceptors (Lipinski definition) is 3. The van der Waals surface area contributed by atoms with Crippen LogP contribution >= 0.6 is 0 Å². The number of phenolic OH excluding ortho intramolecular Hbond substituents is 1. The van der Waals surface area contributed by atoms with Gasteiger partial charge < -0.3 is 10.4 Å². The van der Waals surface area contributed by atoms with Gasteiger partial charge in [0.15, 0.2) is 0 Å². The van der Waals surface area contributed by atoms with E-state index in [1.165, 1.54) is 6.07 Å². The van der Waals surface area contributed by atoms with E-state index in [-0.39, 0.29) is 11.8 Å². The van der Waals surface area contributed by atoms with Crippen LogP contribution in [0.2, 0.25) is 0 Å². The fraction of sp³-hybridized carbons (Fsp3) is 0.214. The SMILES string of the molecule is C[C@@H](NCc1cc(O)cc(F)c1)c1ccccn1. The molecule has 0 fully saturated rings. The Kier molecular flexibility index (Phi) is 3.89. The van der Waals surface area contributed by atoms with Crippen LogP contribution < -0.4 is 5.32 Å². The lowest BCUT2D eigenvalue weighted by Crippen LogP contribution is -2.19. The third kappa shape index (κ3) is 3.28. The summed E-state index contributed by atoms with van der Waals surface area (Å²) in [5.74, 6) is -0.491. The van der Waals surface area contributed by atoms with Crippen LogP contribution in [0.5, 0.6) is 5.75 Å². The van der Waals surface area contributed by atoms with Crippen LogP contribution in [0.1, 0.15) is 24.2 Å². The summed E-state index contributed by atoms with van der Waals surface area (Å²) < 4.78 is 13.1. The summed E-state index contributed by atoms with van der Waals surface area (Å²) in [6.07, 6.45) is 1.74. The van der Waals surface area contributed by atoms with Crippen molar-refractivity contribution in [3.8, 4) is 5.75 Å². The van der Waals surface area contributed by atoms with Crippen LogP contribution in [0.4, 0.5) is 4.39 Å². The molecule has 4 heteroatoms. The third-order valence-corrected chi connectivity index (χ3v) is 2.69. The van der Waals surface area contributed by atoms with Crippen molar-refractivity contribution in [2.45, 2.75) is 19.5 Å². The molecule has 2 aromatic rings. The zero-order valence-corrected chi connectivity index (χ0v) is 10.1. The topological polar surface area (TPSA) is 45.1 Å². The van der Waals surface area contributed by atoms with Gasteiger partial charge in [-0.3, -0.25) is 4.98 Å². The van der Waals surface area contributed by atoms with E-state index in [0.29, 0.717) is 12.1 Å². The number of nitrogens with one attached hydrogen (secondary N) is 1. The van der Waals surface area contributed by atoms with Gasteiger partial charge in [0.1, 0.15) is 11.6 Å². The molecular formula is C14H15FN2O. The maximum Gasteiger partial charge on any atom is 0.127 e. The monoisotopic (exact) mass is 246 g/mol. The quantitative estimate of drug-likeness (QED) is 0.872. The molecule has 0 bridgehead atoms. The molecule has 1 heterocycles. The average Bonchev–Trinajstić information content (AvgIpc) is 2.36. The van der Waals surface area contributed by atoms with E-state index in [2.05, 4.69) is 10.3 Å². The van der Waals surface area contributed by atoms with E-state index < -0.39 is 5.82 Å². The van der Waals surface area contributed by atoms with Gasteiger partial charge in [0.2, 0.25) is 0 Å². The summed E-state index contributed by atoms with van der Waals surface area (Å²) in [4.78, 5) is 4.24. The van der Waals surface area contributed by atoms with Gasteiger partial charge in [-0.2, -0.15) is 0 Å². The molecule has 1 aromatic heterocycles. The molecule has 18 heavy (non-hydrogen) atoms. The lowest BCUT2D eigenvalue weighted by molar-refractivity contribution is 0.466. The summed E-state index contributed by atoms with van der Waals surface area (Å²) >= 11 is 0. The third-order valence-electron chi connectivity index (χ3n) is 2.69. The normalized spacial score (nSPS) is 12.3. The second kappa shape index (κ2) is 5.60. The van der Waals surface area contributed by atoms with Crippen molar-refractivity contribution < 1.29 is 9.50 Å². The molecule has 0 aliphatic heterocycles. The van der Waals surface area contributed by atoms with Crippen LogP contribution in [0, 0.1) is 5.82 Å². The molecule has 0 radical (unpaired) electrons. The molecule has 0 aliphatic rings. The molecule has 94 valence electrons. The van der Waals surface area contributed by atoms with Crippen LogP contribution in [-0.2, 0) is 6.54 Å². The molecule has 0 saturated carbocycles. The van der Waals surface area contributed by atoms with Crippen LogP contribution in [0.15, 0.2) is 42.6 Å². The van der Waals surface area contributed by atoms with Gasteiger partial charge in [-0.1, -0.05) is 6.07 Å². The first-order valence-corrected chi connectivity index (χ1v) is 5.78. The predicted octanol–water partition coefficient (Wildman–Crippen LogP) is 2.78. The predicted molar refractivity (Wildman–Crippen MR) is 67.6 cm³/mol. The fourth-order valence-corrected chi connectivity index (χ4v) is 1.74. The first-order valence-electron chi connectivity index (χ1n) is 5.78. The highest BCUT2D eigenvalue weighted by Gasteiger charge is 2.06. The number of pyridine rings is 1. The number of rotatable bonds is 4. The molecule has 0 unspecified atom stereocenters. The minimum atomic E-state index is -0.433. The number of hydrogen-bond donors (Lipinski definition) is 2. The fourth-order valence-electron chi connectivity index (χ4n) is 1.74. The van der Waals surface area contributed by atoms with Crippen molar-refractivity contribution in [1.82, 2.24) is 10.3 Å². The molecule has 1 aromatic carbocycles. The summed E-state index contributed by atoms with van der Waals surface area (Å²) in [6.45, 7) is 2.46. The molecule has 2 rings (SSSR count). The Labute approximate surface area is 105 Å². The standard InChI is InChI=1S/C14H15FN2O/c1-10(14-4-2-3-5-16-14)17-9-11-6-12(15)8-13(18)7-11/h2-8,10,17-18H,9H2,1H3/t10-/m1/s1. The van der Waals surface area contributed by atoms with Gasteiger partial charge in [-0.05, 0) is 36.8 Å². The number of nitrogens with zero attached hydrogens (tertiary/aromatic N) is 1. The number of phenols is 1. The lowest BCUT2D eigenvalue weighted by atomic mass is 10.1. The molecule has 0 aliphatic carbocycles. The van der Waals surface area contributed by atoms with E-state index in [4.69, 9.17) is 0 Å². The zero-order valence-electron chi connectivity index (χ0n) is 10.1. The highest BCUT2D eigenvalue weighted by Crippen LogP contribution is 2.16. The summed E-state index contributed by atoms with van der Waals surface area (Å²) in [5, 5.41) is 12.5. The van der Waals surface area contributed by atoms with Crippen LogP contribution in [0.25, 0.3) is 0 Å². The Hall–Kier alpha value is -1.94. The van der Waals surface area contributed by atoms with Crippen molar-refractivity contribution in [2.75, 3.05) is 0 Å². The minimum absolute atomic E-state index is 0.0581. The van der Waals surface area contributed by atoms with Gasteiger partial charge in [-0.25, -0.2) is 4.39 Å². The lowest BCUT2D eigenvalue weighted by Gasteiger charge is -2.13. The highest BCUT2D eigenvalue weighted by molar-refractivity contribution is 5.28. The maximum absolute atomic E-state index is 13.1. The Morgan fingerprint density at radius 2 is 2.17 bits per heavy atom. The van der Waals surface area contributed by atoms with Gasteiger partial charge in [0, 0.05) is 24.8 Å². The Morgan fingerprint density at radius 3 is 2.83 bits per heavy atom. The second-order valence-corrected chi connectivity index (χ2v) is 4.17. The number of benzene rings is 1. The largest absolute Gasteiger partial charge is 0.508 e. The molecule has 0 saturated heterocycles. The molecule has 0 amide bonds. The van der Waals surface area contributed by atoms with E-state index in [1.54, 1.807) is 12.3 Å². The molecule has 2 N–H and O–H groups in total. The van der Waals surface area contributed by atoms with Crippen molar-refractivity contribution in [1.29, 1.82) is 0 Å². The van der Waals surface area contributed by atoms with Gasteiger partial charge in [0.05, 0.1) is 5.69 Å². The van der Waals surface area contributed by atoms with Crippen molar-refractivity contribution in [2.24, 2.45) is 0 Å². The molecule has 1 atom stereocenters. The minimum Gasteiger partial charge on any atom is -0.508 e. The zero-order chi connectivity index (χ0) is 13.0.